The lowest BCUT2D eigenvalue weighted by Crippen LogP contribution is -2.42. The highest BCUT2D eigenvalue weighted by Crippen LogP contribution is 1.99. The number of nitrogens with zero attached hydrogens (tertiary/aromatic N) is 1. The second-order valence-corrected chi connectivity index (χ2v) is 4.48. The van der Waals surface area contributed by atoms with Crippen molar-refractivity contribution in [3.05, 3.63) is 0 Å². The summed E-state index contributed by atoms with van der Waals surface area (Å²) in [5.74, 6) is -1.21. The largest absolute Gasteiger partial charge is 0.481 e. The minimum Gasteiger partial charge on any atom is -0.481 e. The summed E-state index contributed by atoms with van der Waals surface area (Å²) in [5.41, 5.74) is 0. The van der Waals surface area contributed by atoms with Crippen molar-refractivity contribution in [2.24, 2.45) is 5.92 Å². The Morgan fingerprint density at radius 2 is 1.89 bits per heavy atom. The third-order valence-corrected chi connectivity index (χ3v) is 2.68. The molecule has 0 aliphatic heterocycles. The molecule has 0 spiro atoms. The van der Waals surface area contributed by atoms with Crippen LogP contribution in [0.3, 0.4) is 0 Å². The summed E-state index contributed by atoms with van der Waals surface area (Å²) in [6, 6.07) is -0.258. The lowest BCUT2D eigenvalue weighted by molar-refractivity contribution is -0.137. The van der Waals surface area contributed by atoms with Crippen LogP contribution in [-0.4, -0.2) is 55.1 Å². The van der Waals surface area contributed by atoms with Crippen LogP contribution in [0.2, 0.25) is 0 Å². The molecule has 0 bridgehead atoms. The highest BCUT2D eigenvalue weighted by atomic mass is 16.4. The number of carboxylic acids is 1. The molecule has 1 atom stereocenters. The molecule has 1 unspecified atom stereocenters. The summed E-state index contributed by atoms with van der Waals surface area (Å²) in [6.07, 6.45) is 1.27. The molecule has 0 radical (unpaired) electrons. The van der Waals surface area contributed by atoms with Crippen molar-refractivity contribution >= 4 is 17.9 Å². The first-order valence-electron chi connectivity index (χ1n) is 6.30. The van der Waals surface area contributed by atoms with Crippen molar-refractivity contribution in [3.63, 3.8) is 0 Å². The van der Waals surface area contributed by atoms with E-state index in [4.69, 9.17) is 5.11 Å². The summed E-state index contributed by atoms with van der Waals surface area (Å²) >= 11 is 0. The average molecular weight is 273 g/mol. The van der Waals surface area contributed by atoms with Gasteiger partial charge in [0.05, 0.1) is 5.92 Å². The van der Waals surface area contributed by atoms with Crippen LogP contribution < -0.4 is 10.6 Å². The van der Waals surface area contributed by atoms with Crippen molar-refractivity contribution < 1.29 is 19.5 Å². The molecule has 19 heavy (non-hydrogen) atoms. The van der Waals surface area contributed by atoms with E-state index in [-0.39, 0.29) is 24.3 Å². The van der Waals surface area contributed by atoms with E-state index in [0.717, 1.165) is 0 Å². The number of hydrogen-bond donors (Lipinski definition) is 3. The van der Waals surface area contributed by atoms with E-state index in [0.29, 0.717) is 25.9 Å². The Balaban J connectivity index is 3.82. The van der Waals surface area contributed by atoms with Gasteiger partial charge in [-0.2, -0.15) is 0 Å². The molecular formula is C12H23N3O4. The van der Waals surface area contributed by atoms with Crippen molar-refractivity contribution in [1.82, 2.24) is 15.5 Å². The second kappa shape index (κ2) is 9.18. The molecule has 0 aliphatic rings. The van der Waals surface area contributed by atoms with Crippen molar-refractivity contribution in [3.8, 4) is 0 Å². The molecule has 0 heterocycles. The number of unbranched alkanes of at least 4 members (excludes halogenated alkanes) is 1. The molecule has 7 heteroatoms. The minimum atomic E-state index is -0.831. The number of rotatable bonds is 8. The van der Waals surface area contributed by atoms with Gasteiger partial charge in [0.1, 0.15) is 0 Å². The maximum Gasteiger partial charge on any atom is 0.317 e. The Hall–Kier alpha value is -1.79. The number of carboxylic acid groups (broad SMARTS) is 1. The van der Waals surface area contributed by atoms with Crippen molar-refractivity contribution in [1.29, 1.82) is 0 Å². The van der Waals surface area contributed by atoms with E-state index < -0.39 is 5.97 Å². The summed E-state index contributed by atoms with van der Waals surface area (Å²) in [7, 11) is 3.17. The zero-order chi connectivity index (χ0) is 14.8. The predicted molar refractivity (Wildman–Crippen MR) is 70.7 cm³/mol. The Kier molecular flexibility index (Phi) is 8.32. The van der Waals surface area contributed by atoms with Gasteiger partial charge >= 0.3 is 12.0 Å². The van der Waals surface area contributed by atoms with Gasteiger partial charge in [0.2, 0.25) is 5.91 Å². The fourth-order valence-corrected chi connectivity index (χ4v) is 1.55. The molecular weight excluding hydrogens is 250 g/mol. The number of urea groups is 1. The molecule has 0 aliphatic carbocycles. The second-order valence-electron chi connectivity index (χ2n) is 4.48. The Morgan fingerprint density at radius 3 is 2.42 bits per heavy atom. The maximum atomic E-state index is 11.7. The zero-order valence-electron chi connectivity index (χ0n) is 11.7. The molecule has 0 saturated carbocycles. The third-order valence-electron chi connectivity index (χ3n) is 2.68. The first-order valence-corrected chi connectivity index (χ1v) is 6.30. The number of carbonyl (C=O) groups is 3. The van der Waals surface area contributed by atoms with E-state index in [1.807, 2.05) is 0 Å². The first-order chi connectivity index (χ1) is 8.88. The fraction of sp³-hybridized carbons (Fsp3) is 0.750. The smallest absolute Gasteiger partial charge is 0.317 e. The van der Waals surface area contributed by atoms with Gasteiger partial charge in [-0.05, 0) is 12.8 Å². The Labute approximate surface area is 113 Å². The molecule has 0 saturated heterocycles. The first kappa shape index (κ1) is 17.2. The lowest BCUT2D eigenvalue weighted by Gasteiger charge is -2.21. The quantitative estimate of drug-likeness (QED) is 0.553. The highest BCUT2D eigenvalue weighted by molar-refractivity contribution is 5.79. The normalized spacial score (nSPS) is 11.5. The Bertz CT molecular complexity index is 320. The molecule has 0 aromatic carbocycles. The number of hydrogen-bond acceptors (Lipinski definition) is 3. The number of carbonyl (C=O) groups excluding carboxylic acids is 2. The molecule has 7 nitrogen and oxygen atoms in total. The maximum absolute atomic E-state index is 11.7. The Morgan fingerprint density at radius 1 is 1.26 bits per heavy atom. The number of aliphatic carboxylic acids is 1. The van der Waals surface area contributed by atoms with E-state index in [2.05, 4.69) is 10.6 Å². The topological polar surface area (TPSA) is 98.7 Å². The molecule has 110 valence electrons. The van der Waals surface area contributed by atoms with Gasteiger partial charge in [-0.25, -0.2) is 4.79 Å². The van der Waals surface area contributed by atoms with Gasteiger partial charge in [-0.15, -0.1) is 0 Å². The summed E-state index contributed by atoms with van der Waals surface area (Å²) in [6.45, 7) is 2.51. The molecule has 0 fully saturated rings. The van der Waals surface area contributed by atoms with E-state index in [1.165, 1.54) is 4.90 Å². The van der Waals surface area contributed by atoms with Crippen LogP contribution in [0.15, 0.2) is 0 Å². The third kappa shape index (κ3) is 8.01. The van der Waals surface area contributed by atoms with Gasteiger partial charge in [0.25, 0.3) is 0 Å². The van der Waals surface area contributed by atoms with E-state index in [9.17, 15) is 14.4 Å². The molecule has 3 N–H and O–H groups in total. The van der Waals surface area contributed by atoms with Gasteiger partial charge in [0.15, 0.2) is 0 Å². The standard InChI is InChI=1S/C12H23N3O4/c1-9(11(18)13-2)8-15(3)12(19)14-7-5-4-6-10(16)17/h9H,4-8H2,1-3H3,(H,13,18)(H,14,19)(H,16,17). The van der Waals surface area contributed by atoms with Gasteiger partial charge in [-0.1, -0.05) is 6.92 Å². The SMILES string of the molecule is CNC(=O)C(C)CN(C)C(=O)NCCCCC(=O)O. The monoisotopic (exact) mass is 273 g/mol. The van der Waals surface area contributed by atoms with Crippen LogP contribution in [-0.2, 0) is 9.59 Å². The van der Waals surface area contributed by atoms with Crippen LogP contribution >= 0.6 is 0 Å². The van der Waals surface area contributed by atoms with Crippen LogP contribution in [0.1, 0.15) is 26.2 Å². The van der Waals surface area contributed by atoms with Crippen molar-refractivity contribution in [2.45, 2.75) is 26.2 Å². The van der Waals surface area contributed by atoms with Crippen molar-refractivity contribution in [2.75, 3.05) is 27.2 Å². The van der Waals surface area contributed by atoms with Crippen LogP contribution in [0.5, 0.6) is 0 Å². The summed E-state index contributed by atoms with van der Waals surface area (Å²) in [5, 5.41) is 13.7. The molecule has 0 aromatic rings. The summed E-state index contributed by atoms with van der Waals surface area (Å²) in [4.78, 5) is 34.7. The molecule has 3 amide bonds. The van der Waals surface area contributed by atoms with E-state index >= 15 is 0 Å². The molecule has 0 rings (SSSR count). The lowest BCUT2D eigenvalue weighted by atomic mass is 10.1. The van der Waals surface area contributed by atoms with Crippen LogP contribution in [0, 0.1) is 5.92 Å². The van der Waals surface area contributed by atoms with Gasteiger partial charge in [0, 0.05) is 33.6 Å². The van der Waals surface area contributed by atoms with Crippen LogP contribution in [0.4, 0.5) is 4.79 Å². The van der Waals surface area contributed by atoms with E-state index in [1.54, 1.807) is 21.0 Å². The molecule has 0 aromatic heterocycles. The minimum absolute atomic E-state index is 0.110. The number of amides is 3. The highest BCUT2D eigenvalue weighted by Gasteiger charge is 2.16. The number of nitrogens with one attached hydrogen (secondary N) is 2. The van der Waals surface area contributed by atoms with Gasteiger partial charge < -0.3 is 20.6 Å². The fourth-order valence-electron chi connectivity index (χ4n) is 1.55. The van der Waals surface area contributed by atoms with Gasteiger partial charge in [-0.3, -0.25) is 9.59 Å². The van der Waals surface area contributed by atoms with Crippen LogP contribution in [0.25, 0.3) is 0 Å². The average Bonchev–Trinajstić information content (AvgIpc) is 2.36. The summed E-state index contributed by atoms with van der Waals surface area (Å²) < 4.78 is 0. The predicted octanol–water partition coefficient (Wildman–Crippen LogP) is 0.265. The zero-order valence-corrected chi connectivity index (χ0v) is 11.7.